The SMILES string of the molecule is Bc1c(B)c(-c2c(B)c(B)c(B)c3c(B)c(B)c(B)c(B)c23)c(B)c(B)c1-c1c(B)c(-c2nc(-c3ccccc3)nc(-c3ccccc3)n2)c(B)c2c1oc1c(B)c3c(B)c(B)c(B)c(B)c3c(B)c12. The Hall–Kier alpha value is -5.68. The summed E-state index contributed by atoms with van der Waals surface area (Å²) < 4.78 is 7.57. The van der Waals surface area contributed by atoms with Crippen LogP contribution in [0.25, 0.3) is 99.9 Å². The van der Waals surface area contributed by atoms with Crippen LogP contribution >= 0.6 is 0 Å². The van der Waals surface area contributed by atoms with Crippen LogP contribution in [0, 0.1) is 0 Å². The van der Waals surface area contributed by atoms with E-state index in [1.165, 1.54) is 136 Å². The maximum absolute atomic E-state index is 7.57. The summed E-state index contributed by atoms with van der Waals surface area (Å²) in [4.78, 5) is 16.0. The Kier molecular flexibility index (Phi) is 11.8. The van der Waals surface area contributed by atoms with E-state index >= 15 is 0 Å². The molecule has 0 fully saturated rings. The van der Waals surface area contributed by atoms with Crippen molar-refractivity contribution in [3.63, 3.8) is 0 Å². The van der Waals surface area contributed by atoms with Crippen molar-refractivity contribution in [2.24, 2.45) is 0 Å². The fourth-order valence-electron chi connectivity index (χ4n) is 12.6. The Labute approximate surface area is 430 Å². The molecule has 4 nitrogen and oxygen atoms in total. The van der Waals surface area contributed by atoms with Crippen molar-refractivity contribution in [2.75, 3.05) is 0 Å². The lowest BCUT2D eigenvalue weighted by molar-refractivity contribution is 0.673. The second-order valence-corrected chi connectivity index (χ2v) is 20.8. The van der Waals surface area contributed by atoms with Gasteiger partial charge >= 0.3 is 0 Å². The molecule has 8 aromatic carbocycles. The third-order valence-corrected chi connectivity index (χ3v) is 17.6. The predicted molar refractivity (Wildman–Crippen MR) is 365 cm³/mol. The second-order valence-electron chi connectivity index (χ2n) is 20.8. The maximum atomic E-state index is 7.57. The first-order valence-electron chi connectivity index (χ1n) is 25.1. The Balaban J connectivity index is 1.40. The molecule has 0 saturated heterocycles. The number of nitrogens with zero attached hydrogens (tertiary/aromatic N) is 3. The summed E-state index contributed by atoms with van der Waals surface area (Å²) in [6.45, 7) is 0. The Morgan fingerprint density at radius 1 is 0.229 bits per heavy atom. The van der Waals surface area contributed by atoms with E-state index in [4.69, 9.17) is 19.4 Å². The lowest BCUT2D eigenvalue weighted by atomic mass is 9.56. The van der Waals surface area contributed by atoms with E-state index in [9.17, 15) is 0 Å². The molecule has 70 heavy (non-hydrogen) atoms. The van der Waals surface area contributed by atoms with Gasteiger partial charge in [0.1, 0.15) is 160 Å². The zero-order chi connectivity index (χ0) is 50.3. The molecule has 0 radical (unpaired) electrons. The molecule has 0 atom stereocenters. The van der Waals surface area contributed by atoms with Gasteiger partial charge in [0.05, 0.1) is 0 Å². The van der Waals surface area contributed by atoms with Crippen LogP contribution in [0.5, 0.6) is 0 Å². The van der Waals surface area contributed by atoms with Gasteiger partial charge in [-0.05, 0) is 43.7 Å². The highest BCUT2D eigenvalue weighted by Gasteiger charge is 2.31. The molecule has 0 saturated carbocycles. The summed E-state index contributed by atoms with van der Waals surface area (Å²) in [7, 11) is 43.8. The molecule has 10 rings (SSSR count). The van der Waals surface area contributed by atoms with Gasteiger partial charge in [0, 0.05) is 33.0 Å². The van der Waals surface area contributed by atoms with Crippen molar-refractivity contribution in [3.8, 4) is 56.4 Å². The fourth-order valence-corrected chi connectivity index (χ4v) is 12.6. The zero-order valence-corrected chi connectivity index (χ0v) is 45.0. The first-order valence-corrected chi connectivity index (χ1v) is 25.1. The lowest BCUT2D eigenvalue weighted by Crippen LogP contribution is -2.53. The summed E-state index contributed by atoms with van der Waals surface area (Å²) in [6, 6.07) is 20.6. The number of benzene rings is 8. The molecule has 0 spiro atoms. The second kappa shape index (κ2) is 17.3. The normalized spacial score (nSPS) is 11.7. The Morgan fingerprint density at radius 3 is 1.03 bits per heavy atom. The molecule has 0 amide bonds. The van der Waals surface area contributed by atoms with Gasteiger partial charge in [-0.25, -0.2) is 15.0 Å². The average molecular weight is 876 g/mol. The first-order chi connectivity index (χ1) is 33.2. The molecule has 0 N–H and O–H groups in total. The maximum Gasteiger partial charge on any atom is 0.164 e. The number of rotatable bonds is 5. The van der Waals surface area contributed by atoms with Gasteiger partial charge < -0.3 is 4.42 Å². The minimum atomic E-state index is 0.646. The van der Waals surface area contributed by atoms with E-state index in [0.717, 1.165) is 49.7 Å². The number of aromatic nitrogens is 3. The molecular weight excluding hydrogens is 828 g/mol. The molecule has 0 aliphatic rings. The largest absolute Gasteiger partial charge is 0.456 e. The topological polar surface area (TPSA) is 51.8 Å². The van der Waals surface area contributed by atoms with E-state index in [-0.39, 0.29) is 0 Å². The van der Waals surface area contributed by atoms with Crippen LogP contribution in [-0.4, -0.2) is 164 Å². The standard InChI is InChI=1S/C47H48B19N3O/c48-24-17-18(36(60)42(66)41(65)35(17)59)37(61)44-22(24)21-26(50)23(47-68-45(11-7-3-1-4-8-11)67-46(69-47)12-9-5-2-6-10-12)25(49)20(43(21)70-44)19-31(55)29(53)15(30(54)32(19)56)13-14-16(33(57)38(62)27(13)51)34(58)40(64)39(63)28(14)52/h1-10H,48-66H2. The van der Waals surface area contributed by atoms with Crippen molar-refractivity contribution in [3.05, 3.63) is 60.7 Å². The van der Waals surface area contributed by atoms with Gasteiger partial charge in [-0.2, -0.15) is 0 Å². The molecule has 0 bridgehead atoms. The van der Waals surface area contributed by atoms with Gasteiger partial charge in [0.2, 0.25) is 0 Å². The average Bonchev–Trinajstić information content (AvgIpc) is 3.77. The van der Waals surface area contributed by atoms with Crippen molar-refractivity contribution >= 4 is 296 Å². The molecule has 23 heteroatoms. The van der Waals surface area contributed by atoms with E-state index in [1.54, 1.807) is 0 Å². The highest BCUT2D eigenvalue weighted by Crippen LogP contribution is 2.36. The molecule has 0 aliphatic carbocycles. The minimum Gasteiger partial charge on any atom is -0.456 e. The van der Waals surface area contributed by atoms with E-state index in [0.29, 0.717) is 17.5 Å². The van der Waals surface area contributed by atoms with Crippen LogP contribution in [0.4, 0.5) is 0 Å². The van der Waals surface area contributed by atoms with Crippen molar-refractivity contribution in [1.82, 2.24) is 15.0 Å². The molecular formula is C47H48B19N3O. The number of fused-ring (bicyclic) bond motifs is 5. The molecule has 10 aromatic rings. The van der Waals surface area contributed by atoms with Crippen molar-refractivity contribution in [2.45, 2.75) is 0 Å². The van der Waals surface area contributed by atoms with E-state index in [1.807, 2.05) is 36.4 Å². The van der Waals surface area contributed by atoms with Gasteiger partial charge in [-0.15, -0.1) is 27.3 Å². The summed E-state index contributed by atoms with van der Waals surface area (Å²) in [5, 5.41) is 7.70. The number of hydrogen-bond donors (Lipinski definition) is 0. The number of furan rings is 1. The zero-order valence-electron chi connectivity index (χ0n) is 45.0. The predicted octanol–water partition coefficient (Wildman–Crippen LogP) is -20.7. The van der Waals surface area contributed by atoms with Crippen molar-refractivity contribution in [1.29, 1.82) is 0 Å². The van der Waals surface area contributed by atoms with Crippen LogP contribution in [-0.2, 0) is 0 Å². The highest BCUT2D eigenvalue weighted by molar-refractivity contribution is 6.75. The molecule has 2 aromatic heterocycles. The fraction of sp³-hybridized carbons (Fsp3) is 0. The number of hydrogen-bond acceptors (Lipinski definition) is 4. The van der Waals surface area contributed by atoms with Crippen LogP contribution < -0.4 is 104 Å². The summed E-state index contributed by atoms with van der Waals surface area (Å²) >= 11 is 0. The quantitative estimate of drug-likeness (QED) is 0.162. The van der Waals surface area contributed by atoms with Crippen LogP contribution in [0.15, 0.2) is 65.1 Å². The monoisotopic (exact) mass is 880 g/mol. The lowest BCUT2D eigenvalue weighted by Gasteiger charge is -2.29. The third kappa shape index (κ3) is 6.75. The van der Waals surface area contributed by atoms with Crippen LogP contribution in [0.2, 0.25) is 0 Å². The summed E-state index contributed by atoms with van der Waals surface area (Å²) in [5.41, 5.74) is 34.5. The Morgan fingerprint density at radius 2 is 0.571 bits per heavy atom. The molecule has 0 unspecified atom stereocenters. The van der Waals surface area contributed by atoms with Gasteiger partial charge in [0.15, 0.2) is 17.5 Å². The molecule has 0 aliphatic heterocycles. The third-order valence-electron chi connectivity index (χ3n) is 17.6. The summed E-state index contributed by atoms with van der Waals surface area (Å²) in [6.07, 6.45) is 0. The Bertz CT molecular complexity index is 3900. The van der Waals surface area contributed by atoms with E-state index in [2.05, 4.69) is 173 Å². The van der Waals surface area contributed by atoms with Crippen LogP contribution in [0.1, 0.15) is 0 Å². The van der Waals surface area contributed by atoms with Crippen LogP contribution in [0.3, 0.4) is 0 Å². The van der Waals surface area contributed by atoms with E-state index < -0.39 is 0 Å². The molecule has 314 valence electrons. The first kappa shape index (κ1) is 48.0. The smallest absolute Gasteiger partial charge is 0.164 e. The summed E-state index contributed by atoms with van der Waals surface area (Å²) in [5.74, 6) is 1.95. The van der Waals surface area contributed by atoms with Gasteiger partial charge in [-0.3, -0.25) is 0 Å². The van der Waals surface area contributed by atoms with Gasteiger partial charge in [0.25, 0.3) is 0 Å². The highest BCUT2D eigenvalue weighted by atomic mass is 16.3. The minimum absolute atomic E-state index is 0.646. The van der Waals surface area contributed by atoms with Crippen molar-refractivity contribution < 1.29 is 4.42 Å². The molecule has 2 heterocycles. The van der Waals surface area contributed by atoms with Gasteiger partial charge in [-0.1, -0.05) is 132 Å².